The van der Waals surface area contributed by atoms with Crippen LogP contribution in [0.25, 0.3) is 0 Å². The van der Waals surface area contributed by atoms with E-state index in [1.54, 1.807) is 4.90 Å². The first kappa shape index (κ1) is 19.2. The van der Waals surface area contributed by atoms with Crippen LogP contribution in [-0.4, -0.2) is 45.9 Å². The van der Waals surface area contributed by atoms with Crippen LogP contribution in [-0.2, 0) is 17.6 Å². The highest BCUT2D eigenvalue weighted by atomic mass is 35.5. The Labute approximate surface area is 160 Å². The number of carbonyl (C=O) groups is 1. The second kappa shape index (κ2) is 7.99. The zero-order chi connectivity index (χ0) is 18.7. The number of ether oxygens (including phenoxy) is 1. The van der Waals surface area contributed by atoms with Crippen LogP contribution in [0.5, 0.6) is 0 Å². The van der Waals surface area contributed by atoms with E-state index in [-0.39, 0.29) is 12.1 Å². The van der Waals surface area contributed by atoms with Crippen LogP contribution in [0.1, 0.15) is 64.0 Å². The highest BCUT2D eigenvalue weighted by molar-refractivity contribution is 6.30. The summed E-state index contributed by atoms with van der Waals surface area (Å²) in [6.07, 6.45) is 7.15. The molecule has 26 heavy (non-hydrogen) atoms. The molecule has 0 saturated carbocycles. The fourth-order valence-corrected chi connectivity index (χ4v) is 3.93. The summed E-state index contributed by atoms with van der Waals surface area (Å²) in [4.78, 5) is 14.2. The van der Waals surface area contributed by atoms with Crippen molar-refractivity contribution in [3.05, 3.63) is 16.3 Å². The Balaban J connectivity index is 1.70. The molecule has 6 nitrogen and oxygen atoms in total. The van der Waals surface area contributed by atoms with Crippen molar-refractivity contribution in [2.24, 2.45) is 0 Å². The quantitative estimate of drug-likeness (QED) is 0.778. The van der Waals surface area contributed by atoms with Crippen LogP contribution in [0.2, 0.25) is 5.15 Å². The van der Waals surface area contributed by atoms with Crippen LogP contribution in [0, 0.1) is 0 Å². The Bertz CT molecular complexity index is 660. The Morgan fingerprint density at radius 1 is 1.15 bits per heavy atom. The number of anilines is 1. The number of halogens is 1. The molecule has 1 saturated heterocycles. The Hall–Kier alpha value is -1.56. The lowest BCUT2D eigenvalue weighted by Gasteiger charge is -2.34. The van der Waals surface area contributed by atoms with E-state index in [0.29, 0.717) is 11.7 Å². The van der Waals surface area contributed by atoms with Crippen molar-refractivity contribution < 1.29 is 9.53 Å². The molecule has 1 atom stereocenters. The lowest BCUT2D eigenvalue weighted by molar-refractivity contribution is 0.0206. The van der Waals surface area contributed by atoms with Crippen LogP contribution >= 0.6 is 11.6 Å². The number of nitrogens with one attached hydrogen (secondary N) is 1. The second-order valence-electron chi connectivity index (χ2n) is 8.27. The van der Waals surface area contributed by atoms with Crippen molar-refractivity contribution in [1.29, 1.82) is 0 Å². The topological polar surface area (TPSA) is 67.3 Å². The van der Waals surface area contributed by atoms with E-state index >= 15 is 0 Å². The lowest BCUT2D eigenvalue weighted by atomic mass is 10.0. The first-order valence-electron chi connectivity index (χ1n) is 9.62. The van der Waals surface area contributed by atoms with E-state index in [2.05, 4.69) is 15.5 Å². The van der Waals surface area contributed by atoms with Crippen LogP contribution in [0.3, 0.4) is 0 Å². The standard InChI is InChI=1S/C19H29ClN4O2/c1-19(2,3)26-18(25)24-11-7-8-13(12-24)21-17-15-10-6-4-5-9-14(15)16(20)22-23-17/h13H,4-12H2,1-3H3,(H,21,23)/t13-/m1/s1. The van der Waals surface area contributed by atoms with Crippen molar-refractivity contribution in [1.82, 2.24) is 15.1 Å². The maximum Gasteiger partial charge on any atom is 0.410 e. The summed E-state index contributed by atoms with van der Waals surface area (Å²) in [5, 5.41) is 12.5. The molecular formula is C19H29ClN4O2. The molecule has 1 aliphatic heterocycles. The van der Waals surface area contributed by atoms with Crippen LogP contribution in [0.4, 0.5) is 10.6 Å². The minimum atomic E-state index is -0.476. The summed E-state index contributed by atoms with van der Waals surface area (Å²) in [6, 6.07) is 0.152. The molecule has 0 radical (unpaired) electrons. The third kappa shape index (κ3) is 4.78. The van der Waals surface area contributed by atoms with E-state index in [1.165, 1.54) is 12.0 Å². The second-order valence-corrected chi connectivity index (χ2v) is 8.63. The van der Waals surface area contributed by atoms with Gasteiger partial charge in [0, 0.05) is 24.7 Å². The van der Waals surface area contributed by atoms with Gasteiger partial charge in [0.1, 0.15) is 5.60 Å². The monoisotopic (exact) mass is 380 g/mol. The first-order valence-corrected chi connectivity index (χ1v) is 9.99. The number of hydrogen-bond acceptors (Lipinski definition) is 5. The fraction of sp³-hybridized carbons (Fsp3) is 0.737. The van der Waals surface area contributed by atoms with E-state index < -0.39 is 5.60 Å². The summed E-state index contributed by atoms with van der Waals surface area (Å²) in [7, 11) is 0. The third-order valence-electron chi connectivity index (χ3n) is 4.90. The van der Waals surface area contributed by atoms with Gasteiger partial charge in [-0.3, -0.25) is 0 Å². The fourth-order valence-electron chi connectivity index (χ4n) is 3.68. The van der Waals surface area contributed by atoms with Gasteiger partial charge in [-0.2, -0.15) is 0 Å². The van der Waals surface area contributed by atoms with Gasteiger partial charge >= 0.3 is 6.09 Å². The number of piperidine rings is 1. The predicted octanol–water partition coefficient (Wildman–Crippen LogP) is 4.21. The molecule has 1 N–H and O–H groups in total. The molecule has 1 amide bonds. The largest absolute Gasteiger partial charge is 0.444 e. The number of amides is 1. The van der Waals surface area contributed by atoms with Crippen LogP contribution < -0.4 is 5.32 Å². The Kier molecular flexibility index (Phi) is 5.90. The Morgan fingerprint density at radius 3 is 2.62 bits per heavy atom. The molecule has 7 heteroatoms. The molecule has 144 valence electrons. The maximum atomic E-state index is 12.4. The minimum Gasteiger partial charge on any atom is -0.444 e. The van der Waals surface area contributed by atoms with Gasteiger partial charge in [-0.15, -0.1) is 10.2 Å². The molecular weight excluding hydrogens is 352 g/mol. The molecule has 0 aromatic carbocycles. The first-order chi connectivity index (χ1) is 12.3. The lowest BCUT2D eigenvalue weighted by Crippen LogP contribution is -2.47. The number of rotatable bonds is 2. The normalized spacial score (nSPS) is 20.9. The third-order valence-corrected chi connectivity index (χ3v) is 5.21. The zero-order valence-electron chi connectivity index (χ0n) is 16.0. The average molecular weight is 381 g/mol. The molecule has 3 rings (SSSR count). The molecule has 0 bridgehead atoms. The van der Waals surface area contributed by atoms with Crippen molar-refractivity contribution in [2.45, 2.75) is 77.4 Å². The smallest absolute Gasteiger partial charge is 0.410 e. The van der Waals surface area contributed by atoms with E-state index in [0.717, 1.165) is 56.5 Å². The minimum absolute atomic E-state index is 0.152. The van der Waals surface area contributed by atoms with Crippen molar-refractivity contribution in [3.63, 3.8) is 0 Å². The highest BCUT2D eigenvalue weighted by Crippen LogP contribution is 2.30. The summed E-state index contributed by atoms with van der Waals surface area (Å²) in [5.41, 5.74) is 1.87. The van der Waals surface area contributed by atoms with Gasteiger partial charge in [-0.25, -0.2) is 4.79 Å². The number of nitrogens with zero attached hydrogens (tertiary/aromatic N) is 3. The summed E-state index contributed by atoms with van der Waals surface area (Å²) >= 11 is 6.28. The summed E-state index contributed by atoms with van der Waals surface area (Å²) < 4.78 is 5.51. The van der Waals surface area contributed by atoms with Crippen LogP contribution in [0.15, 0.2) is 0 Å². The number of hydrogen-bond donors (Lipinski definition) is 1. The van der Waals surface area contributed by atoms with E-state index in [9.17, 15) is 4.79 Å². The van der Waals surface area contributed by atoms with E-state index in [4.69, 9.17) is 16.3 Å². The maximum absolute atomic E-state index is 12.4. The summed E-state index contributed by atoms with van der Waals surface area (Å²) in [5.74, 6) is 0.835. The van der Waals surface area contributed by atoms with Crippen molar-refractivity contribution >= 4 is 23.5 Å². The highest BCUT2D eigenvalue weighted by Gasteiger charge is 2.28. The van der Waals surface area contributed by atoms with Gasteiger partial charge < -0.3 is 15.0 Å². The van der Waals surface area contributed by atoms with Gasteiger partial charge in [0.2, 0.25) is 0 Å². The zero-order valence-corrected chi connectivity index (χ0v) is 16.7. The number of carbonyl (C=O) groups excluding carboxylic acids is 1. The molecule has 1 fully saturated rings. The van der Waals surface area contributed by atoms with E-state index in [1.807, 2.05) is 20.8 Å². The van der Waals surface area contributed by atoms with Gasteiger partial charge in [-0.1, -0.05) is 18.0 Å². The summed E-state index contributed by atoms with van der Waals surface area (Å²) in [6.45, 7) is 7.03. The SMILES string of the molecule is CC(C)(C)OC(=O)N1CCC[C@@H](Nc2nnc(Cl)c3c2CCCCC3)C1. The number of aromatic nitrogens is 2. The molecule has 1 aromatic heterocycles. The van der Waals surface area contributed by atoms with Gasteiger partial charge in [0.25, 0.3) is 0 Å². The predicted molar refractivity (Wildman–Crippen MR) is 103 cm³/mol. The number of likely N-dealkylation sites (tertiary alicyclic amines) is 1. The van der Waals surface area contributed by atoms with Crippen molar-refractivity contribution in [3.8, 4) is 0 Å². The molecule has 0 unspecified atom stereocenters. The Morgan fingerprint density at radius 2 is 1.88 bits per heavy atom. The molecule has 2 aliphatic rings. The molecule has 1 aromatic rings. The molecule has 1 aliphatic carbocycles. The molecule has 2 heterocycles. The number of fused-ring (bicyclic) bond motifs is 1. The van der Waals surface area contributed by atoms with Crippen molar-refractivity contribution in [2.75, 3.05) is 18.4 Å². The van der Waals surface area contributed by atoms with Gasteiger partial charge in [0.15, 0.2) is 11.0 Å². The molecule has 0 spiro atoms. The average Bonchev–Trinajstić information content (AvgIpc) is 2.83. The van der Waals surface area contributed by atoms with Gasteiger partial charge in [-0.05, 0) is 64.9 Å². The van der Waals surface area contributed by atoms with Gasteiger partial charge in [0.05, 0.1) is 0 Å².